The maximum Gasteiger partial charge on any atom is 0.191 e. The van der Waals surface area contributed by atoms with E-state index in [4.69, 9.17) is 4.74 Å². The van der Waals surface area contributed by atoms with E-state index in [0.717, 1.165) is 48.5 Å². The zero-order valence-electron chi connectivity index (χ0n) is 15.8. The summed E-state index contributed by atoms with van der Waals surface area (Å²) in [7, 11) is 1.79. The van der Waals surface area contributed by atoms with Crippen LogP contribution in [0, 0.1) is 19.8 Å². The summed E-state index contributed by atoms with van der Waals surface area (Å²) in [5.74, 6) is 2.52. The maximum atomic E-state index is 5.97. The van der Waals surface area contributed by atoms with Gasteiger partial charge in [0, 0.05) is 37.0 Å². The van der Waals surface area contributed by atoms with E-state index in [-0.39, 0.29) is 0 Å². The lowest BCUT2D eigenvalue weighted by Gasteiger charge is -2.14. The molecule has 1 aromatic heterocycles. The van der Waals surface area contributed by atoms with Gasteiger partial charge in [0.15, 0.2) is 5.96 Å². The van der Waals surface area contributed by atoms with Crippen LogP contribution < -0.4 is 15.4 Å². The third-order valence-corrected chi connectivity index (χ3v) is 5.65. The Hall–Kier alpha value is -2.08. The first-order valence-electron chi connectivity index (χ1n) is 9.24. The summed E-state index contributed by atoms with van der Waals surface area (Å²) in [4.78, 5) is 10.2. The molecule has 0 aliphatic heterocycles. The number of ether oxygens (including phenoxy) is 1. The molecule has 6 heteroatoms. The number of para-hydroxylation sites is 1. The molecule has 0 saturated heterocycles. The van der Waals surface area contributed by atoms with Gasteiger partial charge in [-0.2, -0.15) is 0 Å². The minimum absolute atomic E-state index is 0.690. The Morgan fingerprint density at radius 1 is 1.27 bits per heavy atom. The van der Waals surface area contributed by atoms with Crippen molar-refractivity contribution in [2.24, 2.45) is 10.9 Å². The van der Waals surface area contributed by atoms with Gasteiger partial charge in [0.2, 0.25) is 0 Å². The van der Waals surface area contributed by atoms with Crippen LogP contribution in [0.5, 0.6) is 5.75 Å². The second kappa shape index (κ2) is 9.03. The molecule has 1 saturated carbocycles. The number of rotatable bonds is 8. The highest BCUT2D eigenvalue weighted by atomic mass is 32.1. The molecule has 1 fully saturated rings. The summed E-state index contributed by atoms with van der Waals surface area (Å²) in [6.45, 7) is 6.51. The predicted molar refractivity (Wildman–Crippen MR) is 108 cm³/mol. The fourth-order valence-corrected chi connectivity index (χ4v) is 3.55. The van der Waals surface area contributed by atoms with Gasteiger partial charge in [0.05, 0.1) is 17.3 Å². The molecule has 0 spiro atoms. The fraction of sp³-hybridized carbons (Fsp3) is 0.500. The van der Waals surface area contributed by atoms with E-state index in [9.17, 15) is 0 Å². The zero-order valence-corrected chi connectivity index (χ0v) is 16.7. The first kappa shape index (κ1) is 18.7. The summed E-state index contributed by atoms with van der Waals surface area (Å²) in [6, 6.07) is 8.22. The van der Waals surface area contributed by atoms with Crippen molar-refractivity contribution >= 4 is 17.3 Å². The van der Waals surface area contributed by atoms with E-state index < -0.39 is 0 Å². The van der Waals surface area contributed by atoms with Crippen LogP contribution in [0.15, 0.2) is 29.3 Å². The number of hydrogen-bond acceptors (Lipinski definition) is 4. The molecule has 26 heavy (non-hydrogen) atoms. The molecule has 2 aromatic rings. The molecule has 2 N–H and O–H groups in total. The molecule has 1 aliphatic rings. The summed E-state index contributed by atoms with van der Waals surface area (Å²) in [6.07, 6.45) is 3.51. The molecule has 0 amide bonds. The summed E-state index contributed by atoms with van der Waals surface area (Å²) >= 11 is 1.77. The van der Waals surface area contributed by atoms with Gasteiger partial charge in [-0.25, -0.2) is 4.98 Å². The fourth-order valence-electron chi connectivity index (χ4n) is 2.62. The lowest BCUT2D eigenvalue weighted by atomic mass is 10.2. The monoisotopic (exact) mass is 372 g/mol. The van der Waals surface area contributed by atoms with Crippen molar-refractivity contribution in [3.8, 4) is 5.75 Å². The molecule has 0 bridgehead atoms. The number of nitrogens with zero attached hydrogens (tertiary/aromatic N) is 2. The van der Waals surface area contributed by atoms with E-state index in [1.165, 1.54) is 22.7 Å². The number of aryl methyl sites for hydroxylation is 2. The van der Waals surface area contributed by atoms with Gasteiger partial charge in [-0.05, 0) is 38.7 Å². The average Bonchev–Trinajstić information content (AvgIpc) is 3.42. The third kappa shape index (κ3) is 5.46. The van der Waals surface area contributed by atoms with Gasteiger partial charge in [0.25, 0.3) is 0 Å². The summed E-state index contributed by atoms with van der Waals surface area (Å²) < 4.78 is 5.97. The largest absolute Gasteiger partial charge is 0.493 e. The van der Waals surface area contributed by atoms with Crippen molar-refractivity contribution in [2.75, 3.05) is 20.2 Å². The Morgan fingerprint density at radius 3 is 2.77 bits per heavy atom. The predicted octanol–water partition coefficient (Wildman–Crippen LogP) is 3.46. The molecular formula is C20H28N4OS. The second-order valence-electron chi connectivity index (χ2n) is 6.71. The van der Waals surface area contributed by atoms with Gasteiger partial charge in [-0.1, -0.05) is 18.2 Å². The van der Waals surface area contributed by atoms with Crippen molar-refractivity contribution in [1.29, 1.82) is 0 Å². The second-order valence-corrected chi connectivity index (χ2v) is 8.00. The van der Waals surface area contributed by atoms with E-state index in [0.29, 0.717) is 6.54 Å². The first-order chi connectivity index (χ1) is 12.7. The van der Waals surface area contributed by atoms with Crippen LogP contribution >= 0.6 is 11.3 Å². The quantitative estimate of drug-likeness (QED) is 0.550. The van der Waals surface area contributed by atoms with Crippen molar-refractivity contribution in [3.05, 3.63) is 45.4 Å². The number of benzene rings is 1. The van der Waals surface area contributed by atoms with E-state index in [1.54, 1.807) is 18.4 Å². The SMILES string of the molecule is CN=C(NCCc1nc(C)c(C)s1)NCc1ccccc1OCC1CC1. The van der Waals surface area contributed by atoms with Crippen LogP contribution in [0.1, 0.15) is 34.0 Å². The highest BCUT2D eigenvalue weighted by Gasteiger charge is 2.22. The smallest absolute Gasteiger partial charge is 0.191 e. The van der Waals surface area contributed by atoms with Gasteiger partial charge in [-0.3, -0.25) is 4.99 Å². The molecular weight excluding hydrogens is 344 g/mol. The summed E-state index contributed by atoms with van der Waals surface area (Å²) in [5, 5.41) is 7.90. The van der Waals surface area contributed by atoms with Gasteiger partial charge in [-0.15, -0.1) is 11.3 Å². The minimum atomic E-state index is 0.690. The summed E-state index contributed by atoms with van der Waals surface area (Å²) in [5.41, 5.74) is 2.29. The molecule has 1 aliphatic carbocycles. The number of thiazole rings is 1. The Kier molecular flexibility index (Phi) is 6.50. The molecule has 140 valence electrons. The average molecular weight is 373 g/mol. The van der Waals surface area contributed by atoms with Crippen LogP contribution in [0.3, 0.4) is 0 Å². The Balaban J connectivity index is 1.46. The third-order valence-electron chi connectivity index (χ3n) is 4.52. The normalized spacial score (nSPS) is 14.3. The number of nitrogens with one attached hydrogen (secondary N) is 2. The van der Waals surface area contributed by atoms with Crippen LogP contribution in [-0.4, -0.2) is 31.1 Å². The standard InChI is InChI=1S/C20H28N4OS/c1-14-15(2)26-19(24-14)10-11-22-20(21-3)23-12-17-6-4-5-7-18(17)25-13-16-8-9-16/h4-7,16H,8-13H2,1-3H3,(H2,21,22,23). The molecule has 1 aromatic carbocycles. The number of guanidine groups is 1. The van der Waals surface area contributed by atoms with E-state index >= 15 is 0 Å². The van der Waals surface area contributed by atoms with Crippen molar-refractivity contribution in [2.45, 2.75) is 39.7 Å². The molecule has 3 rings (SSSR count). The molecule has 0 atom stereocenters. The number of aliphatic imine (C=N–C) groups is 1. The molecule has 0 unspecified atom stereocenters. The maximum absolute atomic E-state index is 5.97. The van der Waals surface area contributed by atoms with Crippen LogP contribution in [0.25, 0.3) is 0 Å². The highest BCUT2D eigenvalue weighted by molar-refractivity contribution is 7.11. The van der Waals surface area contributed by atoms with Crippen LogP contribution in [0.4, 0.5) is 0 Å². The molecule has 5 nitrogen and oxygen atoms in total. The lowest BCUT2D eigenvalue weighted by Crippen LogP contribution is -2.37. The number of hydrogen-bond donors (Lipinski definition) is 2. The topological polar surface area (TPSA) is 58.5 Å². The molecule has 0 radical (unpaired) electrons. The Labute approximate surface area is 159 Å². The Morgan fingerprint density at radius 2 is 2.08 bits per heavy atom. The van der Waals surface area contributed by atoms with Gasteiger partial charge in [0.1, 0.15) is 5.75 Å². The van der Waals surface area contributed by atoms with Crippen molar-refractivity contribution in [3.63, 3.8) is 0 Å². The Bertz CT molecular complexity index is 733. The molecule has 1 heterocycles. The highest BCUT2D eigenvalue weighted by Crippen LogP contribution is 2.30. The lowest BCUT2D eigenvalue weighted by molar-refractivity contribution is 0.296. The van der Waals surface area contributed by atoms with Crippen molar-refractivity contribution < 1.29 is 4.74 Å². The van der Waals surface area contributed by atoms with Gasteiger partial charge >= 0.3 is 0 Å². The van der Waals surface area contributed by atoms with Crippen LogP contribution in [-0.2, 0) is 13.0 Å². The minimum Gasteiger partial charge on any atom is -0.493 e. The van der Waals surface area contributed by atoms with E-state index in [2.05, 4.69) is 40.5 Å². The zero-order chi connectivity index (χ0) is 18.4. The van der Waals surface area contributed by atoms with E-state index in [1.807, 2.05) is 18.2 Å². The first-order valence-corrected chi connectivity index (χ1v) is 10.1. The van der Waals surface area contributed by atoms with Crippen LogP contribution in [0.2, 0.25) is 0 Å². The van der Waals surface area contributed by atoms with Crippen molar-refractivity contribution in [1.82, 2.24) is 15.6 Å². The van der Waals surface area contributed by atoms with Gasteiger partial charge < -0.3 is 15.4 Å². The number of aromatic nitrogens is 1.